The number of aryl methyl sites for hydroxylation is 1. The maximum absolute atomic E-state index is 6.26. The molecule has 19 heavy (non-hydrogen) atoms. The van der Waals surface area contributed by atoms with Gasteiger partial charge in [0.1, 0.15) is 0 Å². The van der Waals surface area contributed by atoms with Crippen LogP contribution in [0.3, 0.4) is 0 Å². The monoisotopic (exact) mass is 376 g/mol. The van der Waals surface area contributed by atoms with Crippen LogP contribution in [0.25, 0.3) is 0 Å². The van der Waals surface area contributed by atoms with Crippen LogP contribution in [0.5, 0.6) is 0 Å². The Labute approximate surface area is 136 Å². The van der Waals surface area contributed by atoms with Crippen molar-refractivity contribution in [3.05, 3.63) is 56.2 Å². The zero-order chi connectivity index (χ0) is 13.9. The zero-order valence-electron chi connectivity index (χ0n) is 10.6. The number of hydrogen-bond donors (Lipinski definition) is 0. The number of alkyl halides is 2. The summed E-state index contributed by atoms with van der Waals surface area (Å²) in [6, 6.07) is 10.7. The van der Waals surface area contributed by atoms with Crippen molar-refractivity contribution in [2.45, 2.75) is 18.8 Å². The van der Waals surface area contributed by atoms with Gasteiger partial charge in [0.15, 0.2) is 0 Å². The third kappa shape index (κ3) is 3.55. The first-order valence-electron chi connectivity index (χ1n) is 6.01. The van der Waals surface area contributed by atoms with Crippen LogP contribution in [-0.2, 0) is 11.8 Å². The van der Waals surface area contributed by atoms with Crippen molar-refractivity contribution in [3.8, 4) is 0 Å². The minimum atomic E-state index is -0.193. The van der Waals surface area contributed by atoms with Gasteiger partial charge in [0, 0.05) is 31.9 Å². The molecule has 4 heteroatoms. The molecule has 0 aliphatic rings. The van der Waals surface area contributed by atoms with Crippen LogP contribution < -0.4 is 0 Å². The Morgan fingerprint density at radius 3 is 2.26 bits per heavy atom. The summed E-state index contributed by atoms with van der Waals surface area (Å²) < 4.78 is 1.12. The smallest absolute Gasteiger partial charge is 0.0335 e. The predicted molar refractivity (Wildman–Crippen MR) is 90.0 cm³/mol. The summed E-state index contributed by atoms with van der Waals surface area (Å²) in [7, 11) is 0. The summed E-state index contributed by atoms with van der Waals surface area (Å²) >= 11 is 17.8. The molecule has 0 atom stereocenters. The predicted octanol–water partition coefficient (Wildman–Crippen LogP) is 5.78. The van der Waals surface area contributed by atoms with Crippen LogP contribution in [0.15, 0.2) is 40.2 Å². The van der Waals surface area contributed by atoms with Crippen molar-refractivity contribution in [2.24, 2.45) is 0 Å². The third-order valence-electron chi connectivity index (χ3n) is 3.31. The molecule has 2 aromatic rings. The van der Waals surface area contributed by atoms with E-state index in [-0.39, 0.29) is 5.41 Å². The fraction of sp³-hybridized carbons (Fsp3) is 0.333. The quantitative estimate of drug-likeness (QED) is 0.579. The number of rotatable bonds is 5. The third-order valence-corrected chi connectivity index (χ3v) is 6.03. The summed E-state index contributed by atoms with van der Waals surface area (Å²) in [5, 5.41) is 2.09. The molecule has 0 saturated carbocycles. The molecule has 0 aliphatic carbocycles. The van der Waals surface area contributed by atoms with E-state index >= 15 is 0 Å². The molecule has 0 N–H and O–H groups in total. The van der Waals surface area contributed by atoms with Crippen molar-refractivity contribution >= 4 is 50.5 Å². The number of hydrogen-bond acceptors (Lipinski definition) is 1. The molecule has 0 bridgehead atoms. The van der Waals surface area contributed by atoms with Crippen molar-refractivity contribution in [2.75, 3.05) is 11.8 Å². The molecule has 1 heterocycles. The fourth-order valence-corrected chi connectivity index (χ4v) is 4.45. The van der Waals surface area contributed by atoms with Gasteiger partial charge in [-0.15, -0.1) is 34.5 Å². The Morgan fingerprint density at radius 2 is 1.79 bits per heavy atom. The first-order valence-corrected chi connectivity index (χ1v) is 8.76. The molecular weight excluding hydrogens is 363 g/mol. The van der Waals surface area contributed by atoms with Crippen LogP contribution in [-0.4, -0.2) is 11.8 Å². The minimum Gasteiger partial charge on any atom is -0.148 e. The van der Waals surface area contributed by atoms with Gasteiger partial charge in [0.25, 0.3) is 0 Å². The van der Waals surface area contributed by atoms with E-state index in [9.17, 15) is 0 Å². The SMILES string of the molecule is Cc1ccc(C(CCl)(CCl)Cc2cc(Br)cs2)cc1. The molecule has 0 spiro atoms. The number of halogens is 3. The topological polar surface area (TPSA) is 0 Å². The van der Waals surface area contributed by atoms with Crippen molar-refractivity contribution in [1.29, 1.82) is 0 Å². The van der Waals surface area contributed by atoms with Gasteiger partial charge in [-0.25, -0.2) is 0 Å². The first kappa shape index (κ1) is 15.4. The Hall–Kier alpha value is -0.0200. The maximum Gasteiger partial charge on any atom is 0.0335 e. The van der Waals surface area contributed by atoms with E-state index in [2.05, 4.69) is 58.6 Å². The van der Waals surface area contributed by atoms with E-state index in [0.717, 1.165) is 10.9 Å². The van der Waals surface area contributed by atoms with Gasteiger partial charge in [-0.2, -0.15) is 0 Å². The van der Waals surface area contributed by atoms with E-state index in [1.54, 1.807) is 11.3 Å². The second-order valence-electron chi connectivity index (χ2n) is 4.82. The largest absolute Gasteiger partial charge is 0.148 e. The summed E-state index contributed by atoms with van der Waals surface area (Å²) in [6.45, 7) is 2.09. The van der Waals surface area contributed by atoms with Gasteiger partial charge in [-0.1, -0.05) is 29.8 Å². The van der Waals surface area contributed by atoms with E-state index < -0.39 is 0 Å². The summed E-state index contributed by atoms with van der Waals surface area (Å²) in [5.74, 6) is 1.05. The average Bonchev–Trinajstić information content (AvgIpc) is 2.82. The number of thiophene rings is 1. The molecule has 0 amide bonds. The van der Waals surface area contributed by atoms with Gasteiger partial charge in [-0.05, 0) is 40.9 Å². The molecule has 0 nitrogen and oxygen atoms in total. The van der Waals surface area contributed by atoms with Gasteiger partial charge in [0.05, 0.1) is 0 Å². The number of benzene rings is 1. The molecule has 0 aliphatic heterocycles. The molecule has 0 unspecified atom stereocenters. The van der Waals surface area contributed by atoms with E-state index in [1.807, 2.05) is 0 Å². The summed E-state index contributed by atoms with van der Waals surface area (Å²) in [5.41, 5.74) is 2.27. The molecule has 1 aromatic heterocycles. The lowest BCUT2D eigenvalue weighted by atomic mass is 9.80. The van der Waals surface area contributed by atoms with E-state index in [4.69, 9.17) is 23.2 Å². The van der Waals surface area contributed by atoms with Gasteiger partial charge in [-0.3, -0.25) is 0 Å². The standard InChI is InChI=1S/C15H15BrCl2S/c1-11-2-4-12(5-3-11)15(9-17,10-18)7-14-6-13(16)8-19-14/h2-6,8H,7,9-10H2,1H3. The van der Waals surface area contributed by atoms with Crippen LogP contribution in [0.2, 0.25) is 0 Å². The molecule has 1 aromatic carbocycles. The first-order chi connectivity index (χ1) is 9.09. The van der Waals surface area contributed by atoms with Crippen molar-refractivity contribution in [3.63, 3.8) is 0 Å². The van der Waals surface area contributed by atoms with Crippen molar-refractivity contribution in [1.82, 2.24) is 0 Å². The lowest BCUT2D eigenvalue weighted by molar-refractivity contribution is 0.541. The van der Waals surface area contributed by atoms with Crippen LogP contribution in [0.1, 0.15) is 16.0 Å². The normalized spacial score (nSPS) is 11.8. The summed E-state index contributed by atoms with van der Waals surface area (Å²) in [6.07, 6.45) is 0.874. The molecule has 2 rings (SSSR count). The second kappa shape index (κ2) is 6.62. The zero-order valence-corrected chi connectivity index (χ0v) is 14.5. The molecule has 102 valence electrons. The molecule has 0 radical (unpaired) electrons. The highest BCUT2D eigenvalue weighted by Gasteiger charge is 2.31. The minimum absolute atomic E-state index is 0.193. The summed E-state index contributed by atoms with van der Waals surface area (Å²) in [4.78, 5) is 1.30. The van der Waals surface area contributed by atoms with E-state index in [1.165, 1.54) is 16.0 Å². The van der Waals surface area contributed by atoms with Gasteiger partial charge < -0.3 is 0 Å². The molecule has 0 fully saturated rings. The van der Waals surface area contributed by atoms with Crippen molar-refractivity contribution < 1.29 is 0 Å². The van der Waals surface area contributed by atoms with Crippen LogP contribution in [0.4, 0.5) is 0 Å². The van der Waals surface area contributed by atoms with Crippen LogP contribution in [0, 0.1) is 6.92 Å². The Balaban J connectivity index is 2.33. The Bertz CT molecular complexity index is 529. The van der Waals surface area contributed by atoms with Gasteiger partial charge in [0.2, 0.25) is 0 Å². The Kier molecular flexibility index (Phi) is 5.36. The fourth-order valence-electron chi connectivity index (χ4n) is 2.07. The lowest BCUT2D eigenvalue weighted by Gasteiger charge is -2.30. The molecular formula is C15H15BrCl2S. The molecule has 0 saturated heterocycles. The highest BCUT2D eigenvalue weighted by molar-refractivity contribution is 9.10. The average molecular weight is 378 g/mol. The Morgan fingerprint density at radius 1 is 1.16 bits per heavy atom. The second-order valence-corrected chi connectivity index (χ2v) is 7.27. The highest BCUT2D eigenvalue weighted by Crippen LogP contribution is 2.34. The highest BCUT2D eigenvalue weighted by atomic mass is 79.9. The lowest BCUT2D eigenvalue weighted by Crippen LogP contribution is -2.33. The van der Waals surface area contributed by atoms with Gasteiger partial charge >= 0.3 is 0 Å². The van der Waals surface area contributed by atoms with E-state index in [0.29, 0.717) is 11.8 Å². The maximum atomic E-state index is 6.26. The van der Waals surface area contributed by atoms with Crippen LogP contribution >= 0.6 is 50.5 Å².